The maximum atomic E-state index is 13.4. The van der Waals surface area contributed by atoms with E-state index < -0.39 is 6.29 Å². The summed E-state index contributed by atoms with van der Waals surface area (Å²) in [5.41, 5.74) is 1.46. The number of fused-ring (bicyclic) bond motifs is 2. The number of benzene rings is 5. The maximum Gasteiger partial charge on any atom is 0.339 e. The first-order chi connectivity index (χ1) is 19.1. The summed E-state index contributed by atoms with van der Waals surface area (Å²) < 4.78 is 12.2. The Kier molecular flexibility index (Phi) is 6.41. The lowest BCUT2D eigenvalue weighted by molar-refractivity contribution is -0.146. The molecule has 1 N–H and O–H groups in total. The fourth-order valence-electron chi connectivity index (χ4n) is 7.15. The van der Waals surface area contributed by atoms with Crippen molar-refractivity contribution in [2.75, 3.05) is 0 Å². The van der Waals surface area contributed by atoms with Gasteiger partial charge in [-0.2, -0.15) is 0 Å². The molecule has 0 amide bonds. The van der Waals surface area contributed by atoms with E-state index in [0.29, 0.717) is 11.5 Å². The minimum absolute atomic E-state index is 0.00895. The summed E-state index contributed by atoms with van der Waals surface area (Å²) in [6.07, 6.45) is 8.90. The van der Waals surface area contributed by atoms with Gasteiger partial charge in [-0.25, -0.2) is 4.79 Å². The fourth-order valence-corrected chi connectivity index (χ4v) is 7.15. The van der Waals surface area contributed by atoms with Gasteiger partial charge in [-0.05, 0) is 93.6 Å². The molecule has 1 atom stereocenters. The lowest BCUT2D eigenvalue weighted by Gasteiger charge is -2.26. The highest BCUT2D eigenvalue weighted by molar-refractivity contribution is 6.34. The van der Waals surface area contributed by atoms with Crippen LogP contribution in [0.3, 0.4) is 0 Å². The molecule has 0 heterocycles. The Balaban J connectivity index is 1.33. The van der Waals surface area contributed by atoms with E-state index in [1.807, 2.05) is 24.3 Å². The van der Waals surface area contributed by atoms with Crippen molar-refractivity contribution < 1.29 is 19.4 Å². The molecule has 1 unspecified atom stereocenters. The first-order valence-corrected chi connectivity index (χ1v) is 14.7. The van der Waals surface area contributed by atoms with E-state index in [4.69, 9.17) is 9.47 Å². The van der Waals surface area contributed by atoms with Gasteiger partial charge in [-0.3, -0.25) is 0 Å². The zero-order valence-corrected chi connectivity index (χ0v) is 22.6. The minimum atomic E-state index is -0.950. The van der Waals surface area contributed by atoms with Gasteiger partial charge in [0.25, 0.3) is 0 Å². The SMILES string of the molecule is C[C@H]1CC[C@H](OC(=O)c2ccc3c4cccc5c(C(O)OC6CCCCC6)ccc(c6cccc2c36)c54)CC1. The van der Waals surface area contributed by atoms with E-state index in [-0.39, 0.29) is 18.2 Å². The van der Waals surface area contributed by atoms with Crippen LogP contribution in [0.4, 0.5) is 0 Å². The van der Waals surface area contributed by atoms with Crippen molar-refractivity contribution in [2.24, 2.45) is 5.92 Å². The largest absolute Gasteiger partial charge is 0.459 e. The maximum absolute atomic E-state index is 13.4. The molecule has 200 valence electrons. The van der Waals surface area contributed by atoms with Gasteiger partial charge >= 0.3 is 5.97 Å². The van der Waals surface area contributed by atoms with E-state index in [2.05, 4.69) is 43.3 Å². The number of esters is 1. The summed E-state index contributed by atoms with van der Waals surface area (Å²) in [4.78, 5) is 13.4. The van der Waals surface area contributed by atoms with Crippen molar-refractivity contribution in [2.45, 2.75) is 83.2 Å². The van der Waals surface area contributed by atoms with Crippen molar-refractivity contribution in [1.82, 2.24) is 0 Å². The highest BCUT2D eigenvalue weighted by Gasteiger charge is 2.25. The zero-order chi connectivity index (χ0) is 26.5. The van der Waals surface area contributed by atoms with Crippen LogP contribution in [0.5, 0.6) is 0 Å². The van der Waals surface area contributed by atoms with E-state index in [0.717, 1.165) is 100 Å². The minimum Gasteiger partial charge on any atom is -0.459 e. The molecule has 2 aliphatic rings. The Bertz CT molecular complexity index is 1640. The van der Waals surface area contributed by atoms with Crippen molar-refractivity contribution >= 4 is 49.1 Å². The Morgan fingerprint density at radius 3 is 2.00 bits per heavy atom. The van der Waals surface area contributed by atoms with Gasteiger partial charge in [0.1, 0.15) is 6.10 Å². The molecule has 0 spiro atoms. The van der Waals surface area contributed by atoms with E-state index in [9.17, 15) is 9.90 Å². The van der Waals surface area contributed by atoms with Crippen LogP contribution >= 0.6 is 0 Å². The molecule has 5 aromatic carbocycles. The number of carbonyl (C=O) groups excluding carboxylic acids is 1. The monoisotopic (exact) mass is 520 g/mol. The third kappa shape index (κ3) is 4.34. The number of aliphatic hydroxyl groups excluding tert-OH is 1. The Hall–Kier alpha value is -3.21. The molecule has 0 aliphatic heterocycles. The number of aliphatic hydroxyl groups is 1. The van der Waals surface area contributed by atoms with Crippen LogP contribution in [0.25, 0.3) is 43.1 Å². The van der Waals surface area contributed by atoms with Crippen LogP contribution < -0.4 is 0 Å². The van der Waals surface area contributed by atoms with Crippen molar-refractivity contribution in [3.8, 4) is 0 Å². The summed E-state index contributed by atoms with van der Waals surface area (Å²) in [6.45, 7) is 2.27. The summed E-state index contributed by atoms with van der Waals surface area (Å²) in [5.74, 6) is 0.490. The first kappa shape index (κ1) is 24.8. The summed E-state index contributed by atoms with van der Waals surface area (Å²) in [7, 11) is 0. The van der Waals surface area contributed by atoms with Crippen LogP contribution in [0.2, 0.25) is 0 Å². The average molecular weight is 521 g/mol. The molecule has 2 aliphatic carbocycles. The van der Waals surface area contributed by atoms with Gasteiger partial charge in [0.2, 0.25) is 0 Å². The third-order valence-electron chi connectivity index (χ3n) is 9.29. The topological polar surface area (TPSA) is 55.8 Å². The second kappa shape index (κ2) is 10.1. The lowest BCUT2D eigenvalue weighted by atomic mass is 9.87. The van der Waals surface area contributed by atoms with Crippen LogP contribution in [0.15, 0.2) is 60.7 Å². The van der Waals surface area contributed by atoms with E-state index >= 15 is 0 Å². The molecule has 2 saturated carbocycles. The van der Waals surface area contributed by atoms with Crippen LogP contribution in [-0.4, -0.2) is 23.3 Å². The number of hydrogen-bond donors (Lipinski definition) is 1. The molecule has 4 heteroatoms. The van der Waals surface area contributed by atoms with Gasteiger partial charge < -0.3 is 14.6 Å². The first-order valence-electron chi connectivity index (χ1n) is 14.7. The van der Waals surface area contributed by atoms with Gasteiger partial charge in [0.15, 0.2) is 6.29 Å². The molecule has 0 aromatic heterocycles. The number of carbonyl (C=O) groups is 1. The predicted molar refractivity (Wildman–Crippen MR) is 157 cm³/mol. The fraction of sp³-hybridized carbons (Fsp3) is 0.400. The highest BCUT2D eigenvalue weighted by atomic mass is 16.6. The molecular formula is C35H36O4. The molecular weight excluding hydrogens is 484 g/mol. The van der Waals surface area contributed by atoms with Gasteiger partial charge in [-0.1, -0.05) is 80.8 Å². The van der Waals surface area contributed by atoms with Crippen LogP contribution in [-0.2, 0) is 9.47 Å². The molecule has 39 heavy (non-hydrogen) atoms. The lowest BCUT2D eigenvalue weighted by Crippen LogP contribution is -2.23. The van der Waals surface area contributed by atoms with Gasteiger partial charge in [-0.15, -0.1) is 0 Å². The highest BCUT2D eigenvalue weighted by Crippen LogP contribution is 2.43. The third-order valence-corrected chi connectivity index (χ3v) is 9.29. The second-order valence-corrected chi connectivity index (χ2v) is 11.9. The Morgan fingerprint density at radius 2 is 1.28 bits per heavy atom. The Labute approximate surface area is 229 Å². The molecule has 4 nitrogen and oxygen atoms in total. The average Bonchev–Trinajstić information content (AvgIpc) is 2.97. The molecule has 0 bridgehead atoms. The van der Waals surface area contributed by atoms with Crippen molar-refractivity contribution in [3.05, 3.63) is 71.8 Å². The number of rotatable bonds is 5. The van der Waals surface area contributed by atoms with Crippen LogP contribution in [0.1, 0.15) is 86.9 Å². The standard InChI is InChI=1S/C35H36O4/c1-21-13-15-23(16-14-21)39-35(37)31-20-18-29-24-9-5-11-26-30(34(36)38-22-7-3-2-4-8-22)19-17-28(32(24)26)25-10-6-12-27(31)33(25)29/h5-6,9-12,17-23,34,36H,2-4,7-8,13-16H2,1H3/t21-,23-,34?. The number of ether oxygens (including phenoxy) is 2. The van der Waals surface area contributed by atoms with Crippen molar-refractivity contribution in [3.63, 3.8) is 0 Å². The quantitative estimate of drug-likeness (QED) is 0.109. The molecule has 7 rings (SSSR count). The molecule has 5 aromatic rings. The second-order valence-electron chi connectivity index (χ2n) is 11.9. The summed E-state index contributed by atoms with van der Waals surface area (Å²) >= 11 is 0. The number of hydrogen-bond acceptors (Lipinski definition) is 4. The smallest absolute Gasteiger partial charge is 0.339 e. The summed E-state index contributed by atoms with van der Waals surface area (Å²) in [5, 5.41) is 19.8. The van der Waals surface area contributed by atoms with E-state index in [1.165, 1.54) is 6.42 Å². The zero-order valence-electron chi connectivity index (χ0n) is 22.6. The van der Waals surface area contributed by atoms with Gasteiger partial charge in [0.05, 0.1) is 11.7 Å². The van der Waals surface area contributed by atoms with Crippen LogP contribution in [0, 0.1) is 5.92 Å². The summed E-state index contributed by atoms with van der Waals surface area (Å²) in [6, 6.07) is 20.7. The molecule has 2 fully saturated rings. The normalized spacial score (nSPS) is 21.7. The Morgan fingerprint density at radius 1 is 0.692 bits per heavy atom. The molecule has 0 radical (unpaired) electrons. The van der Waals surface area contributed by atoms with Crippen molar-refractivity contribution in [1.29, 1.82) is 0 Å². The van der Waals surface area contributed by atoms with Gasteiger partial charge in [0, 0.05) is 5.56 Å². The predicted octanol–water partition coefficient (Wildman–Crippen LogP) is 8.81. The van der Waals surface area contributed by atoms with E-state index in [1.54, 1.807) is 0 Å². The molecule has 0 saturated heterocycles.